The third-order valence-electron chi connectivity index (χ3n) is 6.05. The van der Waals surface area contributed by atoms with Crippen LogP contribution in [0.1, 0.15) is 23.8 Å². The number of fused-ring (bicyclic) bond motifs is 1. The molecule has 6 heteroatoms. The molecule has 5 nitrogen and oxygen atoms in total. The standard InChI is InChI=1S/C25H27ClN2O3/c1-16(19-14-20-17(2)18(3)31-24(20)15-23(19)30-4)13-25(29)28-11-9-27(10-12-28)22-8-6-5-7-21(22)26/h5-8,13-15H,9-12H2,1-4H3/b16-13+. The van der Waals surface area contributed by atoms with Crippen molar-refractivity contribution in [3.63, 3.8) is 0 Å². The van der Waals surface area contributed by atoms with E-state index in [4.69, 9.17) is 20.8 Å². The molecule has 1 aliphatic rings. The van der Waals surface area contributed by atoms with E-state index in [0.29, 0.717) is 18.8 Å². The summed E-state index contributed by atoms with van der Waals surface area (Å²) < 4.78 is 11.4. The third-order valence-corrected chi connectivity index (χ3v) is 6.37. The zero-order valence-corrected chi connectivity index (χ0v) is 19.1. The van der Waals surface area contributed by atoms with Crippen molar-refractivity contribution < 1.29 is 13.9 Å². The second-order valence-corrected chi connectivity index (χ2v) is 8.33. The molecule has 0 unspecified atom stereocenters. The van der Waals surface area contributed by atoms with Gasteiger partial charge < -0.3 is 19.0 Å². The van der Waals surface area contributed by atoms with Gasteiger partial charge in [-0.1, -0.05) is 23.7 Å². The first-order valence-corrected chi connectivity index (χ1v) is 10.8. The lowest BCUT2D eigenvalue weighted by Crippen LogP contribution is -2.48. The minimum atomic E-state index is 0.0126. The number of aryl methyl sites for hydroxylation is 2. The Kier molecular flexibility index (Phi) is 5.96. The van der Waals surface area contributed by atoms with E-state index in [-0.39, 0.29) is 5.91 Å². The quantitative estimate of drug-likeness (QED) is 0.507. The molecule has 1 saturated heterocycles. The van der Waals surface area contributed by atoms with Gasteiger partial charge >= 0.3 is 0 Å². The molecular weight excluding hydrogens is 412 g/mol. The van der Waals surface area contributed by atoms with Crippen LogP contribution in [0.5, 0.6) is 5.75 Å². The van der Waals surface area contributed by atoms with Gasteiger partial charge in [-0.3, -0.25) is 4.79 Å². The number of piperazine rings is 1. The molecule has 2 heterocycles. The van der Waals surface area contributed by atoms with E-state index in [9.17, 15) is 4.79 Å². The number of carbonyl (C=O) groups excluding carboxylic acids is 1. The summed E-state index contributed by atoms with van der Waals surface area (Å²) in [5.74, 6) is 1.60. The number of hydrogen-bond acceptors (Lipinski definition) is 4. The summed E-state index contributed by atoms with van der Waals surface area (Å²) in [6.07, 6.45) is 1.71. The predicted octanol–water partition coefficient (Wildman–Crippen LogP) is 5.46. The Bertz CT molecular complexity index is 1160. The summed E-state index contributed by atoms with van der Waals surface area (Å²) >= 11 is 6.33. The Balaban J connectivity index is 1.52. The zero-order valence-electron chi connectivity index (χ0n) is 18.4. The largest absolute Gasteiger partial charge is 0.496 e. The summed E-state index contributed by atoms with van der Waals surface area (Å²) in [4.78, 5) is 17.1. The van der Waals surface area contributed by atoms with Crippen molar-refractivity contribution in [2.24, 2.45) is 0 Å². The first kappa shape index (κ1) is 21.3. The topological polar surface area (TPSA) is 45.9 Å². The van der Waals surface area contributed by atoms with Gasteiger partial charge in [-0.25, -0.2) is 0 Å². The Labute approximate surface area is 187 Å². The fraction of sp³-hybridized carbons (Fsp3) is 0.320. The van der Waals surface area contributed by atoms with Crippen molar-refractivity contribution in [1.82, 2.24) is 4.90 Å². The van der Waals surface area contributed by atoms with Gasteiger partial charge in [-0.2, -0.15) is 0 Å². The second-order valence-electron chi connectivity index (χ2n) is 7.92. The maximum Gasteiger partial charge on any atom is 0.246 e. The van der Waals surface area contributed by atoms with Crippen molar-refractivity contribution in [1.29, 1.82) is 0 Å². The number of ether oxygens (including phenoxy) is 1. The molecule has 1 aliphatic heterocycles. The molecule has 162 valence electrons. The highest BCUT2D eigenvalue weighted by Crippen LogP contribution is 2.35. The van der Waals surface area contributed by atoms with E-state index >= 15 is 0 Å². The number of halogens is 1. The molecule has 0 N–H and O–H groups in total. The van der Waals surface area contributed by atoms with E-state index in [1.54, 1.807) is 13.2 Å². The van der Waals surface area contributed by atoms with Crippen LogP contribution in [0.3, 0.4) is 0 Å². The van der Waals surface area contributed by atoms with Gasteiger partial charge in [0.15, 0.2) is 0 Å². The molecule has 2 aromatic carbocycles. The predicted molar refractivity (Wildman–Crippen MR) is 126 cm³/mol. The van der Waals surface area contributed by atoms with Gasteiger partial charge in [0, 0.05) is 49.3 Å². The van der Waals surface area contributed by atoms with E-state index in [2.05, 4.69) is 11.0 Å². The van der Waals surface area contributed by atoms with Crippen LogP contribution < -0.4 is 9.64 Å². The van der Waals surface area contributed by atoms with Gasteiger partial charge in [0.2, 0.25) is 5.91 Å². The summed E-state index contributed by atoms with van der Waals surface area (Å²) in [6.45, 7) is 8.77. The molecule has 1 fully saturated rings. The molecule has 0 bridgehead atoms. The normalized spacial score (nSPS) is 14.9. The highest BCUT2D eigenvalue weighted by atomic mass is 35.5. The van der Waals surface area contributed by atoms with Crippen LogP contribution in [0.15, 0.2) is 46.9 Å². The van der Waals surface area contributed by atoms with E-state index in [0.717, 1.165) is 57.2 Å². The number of methoxy groups -OCH3 is 1. The molecule has 4 rings (SSSR count). The smallest absolute Gasteiger partial charge is 0.246 e. The van der Waals surface area contributed by atoms with Crippen LogP contribution >= 0.6 is 11.6 Å². The minimum Gasteiger partial charge on any atom is -0.496 e. The number of amides is 1. The molecule has 0 saturated carbocycles. The van der Waals surface area contributed by atoms with Crippen LogP contribution in [0, 0.1) is 13.8 Å². The monoisotopic (exact) mass is 438 g/mol. The highest BCUT2D eigenvalue weighted by Gasteiger charge is 2.22. The van der Waals surface area contributed by atoms with Gasteiger partial charge in [0.05, 0.1) is 17.8 Å². The Morgan fingerprint density at radius 1 is 1.13 bits per heavy atom. The van der Waals surface area contributed by atoms with Crippen molar-refractivity contribution in [2.75, 3.05) is 38.2 Å². The van der Waals surface area contributed by atoms with Crippen molar-refractivity contribution >= 4 is 39.7 Å². The van der Waals surface area contributed by atoms with E-state index in [1.807, 2.05) is 56.0 Å². The molecular formula is C25H27ClN2O3. The molecule has 1 amide bonds. The number of furan rings is 1. The number of hydrogen-bond donors (Lipinski definition) is 0. The molecule has 0 radical (unpaired) electrons. The first-order valence-electron chi connectivity index (χ1n) is 10.4. The number of allylic oxidation sites excluding steroid dienone is 1. The van der Waals surface area contributed by atoms with E-state index in [1.165, 1.54) is 0 Å². The minimum absolute atomic E-state index is 0.0126. The second kappa shape index (κ2) is 8.67. The van der Waals surface area contributed by atoms with Gasteiger partial charge in [-0.15, -0.1) is 0 Å². The van der Waals surface area contributed by atoms with Crippen LogP contribution in [-0.2, 0) is 4.79 Å². The van der Waals surface area contributed by atoms with Gasteiger partial charge in [0.25, 0.3) is 0 Å². The lowest BCUT2D eigenvalue weighted by atomic mass is 10.0. The molecule has 3 aromatic rings. The number of anilines is 1. The fourth-order valence-corrected chi connectivity index (χ4v) is 4.33. The Hall–Kier alpha value is -2.92. The Morgan fingerprint density at radius 3 is 2.52 bits per heavy atom. The molecule has 0 atom stereocenters. The Morgan fingerprint density at radius 2 is 1.84 bits per heavy atom. The SMILES string of the molecule is COc1cc2oc(C)c(C)c2cc1/C(C)=C/C(=O)N1CCN(c2ccccc2Cl)CC1. The summed E-state index contributed by atoms with van der Waals surface area (Å²) in [7, 11) is 1.64. The highest BCUT2D eigenvalue weighted by molar-refractivity contribution is 6.33. The molecule has 31 heavy (non-hydrogen) atoms. The van der Waals surface area contributed by atoms with E-state index < -0.39 is 0 Å². The van der Waals surface area contributed by atoms with Crippen LogP contribution in [-0.4, -0.2) is 44.1 Å². The summed E-state index contributed by atoms with van der Waals surface area (Å²) in [6, 6.07) is 11.8. The van der Waals surface area contributed by atoms with Crippen LogP contribution in [0.25, 0.3) is 16.5 Å². The van der Waals surface area contributed by atoms with Crippen molar-refractivity contribution in [2.45, 2.75) is 20.8 Å². The average Bonchev–Trinajstić information content (AvgIpc) is 3.06. The van der Waals surface area contributed by atoms with Crippen LogP contribution in [0.4, 0.5) is 5.69 Å². The molecule has 0 aliphatic carbocycles. The molecule has 0 spiro atoms. The number of nitrogens with zero attached hydrogens (tertiary/aromatic N) is 2. The average molecular weight is 439 g/mol. The maximum absolute atomic E-state index is 13.0. The zero-order chi connectivity index (χ0) is 22.1. The first-order chi connectivity index (χ1) is 14.9. The van der Waals surface area contributed by atoms with Gasteiger partial charge in [-0.05, 0) is 50.1 Å². The summed E-state index contributed by atoms with van der Waals surface area (Å²) in [5, 5.41) is 1.78. The lowest BCUT2D eigenvalue weighted by molar-refractivity contribution is -0.126. The van der Waals surface area contributed by atoms with Crippen molar-refractivity contribution in [3.8, 4) is 5.75 Å². The molecule has 1 aromatic heterocycles. The lowest BCUT2D eigenvalue weighted by Gasteiger charge is -2.36. The van der Waals surface area contributed by atoms with Crippen LogP contribution in [0.2, 0.25) is 5.02 Å². The summed E-state index contributed by atoms with van der Waals surface area (Å²) in [5.41, 5.74) is 4.70. The number of rotatable bonds is 4. The maximum atomic E-state index is 13.0. The van der Waals surface area contributed by atoms with Gasteiger partial charge in [0.1, 0.15) is 17.1 Å². The third kappa shape index (κ3) is 4.15. The number of benzene rings is 2. The number of carbonyl (C=O) groups is 1. The number of para-hydroxylation sites is 1. The van der Waals surface area contributed by atoms with Crippen molar-refractivity contribution in [3.05, 3.63) is 64.4 Å². The fourth-order valence-electron chi connectivity index (χ4n) is 4.08.